The molecule has 0 amide bonds. The largest absolute Gasteiger partial charge is 0.309 e. The van der Waals surface area contributed by atoms with Crippen molar-refractivity contribution >= 4 is 147 Å². The number of aromatic nitrogens is 6. The molecule has 7 heterocycles. The highest BCUT2D eigenvalue weighted by Gasteiger charge is 2.24. The van der Waals surface area contributed by atoms with Crippen LogP contribution in [0.5, 0.6) is 0 Å². The molecule has 6 nitrogen and oxygen atoms in total. The Kier molecular flexibility index (Phi) is 7.65. The Bertz CT molecular complexity index is 5150. The van der Waals surface area contributed by atoms with Crippen LogP contribution in [0, 0.1) is 0 Å². The van der Waals surface area contributed by atoms with Crippen molar-refractivity contribution in [1.82, 2.24) is 26.9 Å². The molecule has 19 rings (SSSR count). The van der Waals surface area contributed by atoms with Crippen LogP contribution in [0.15, 0.2) is 255 Å². The number of hydrogen-bond donors (Lipinski definition) is 0. The van der Waals surface area contributed by atoms with Gasteiger partial charge in [0.1, 0.15) is 0 Å². The zero-order chi connectivity index (χ0) is 50.5. The van der Waals surface area contributed by atoms with Gasteiger partial charge in [0.25, 0.3) is 0 Å². The highest BCUT2D eigenvalue weighted by atomic mass is 15.0. The van der Waals surface area contributed by atoms with Crippen molar-refractivity contribution in [2.24, 2.45) is 0 Å². The lowest BCUT2D eigenvalue weighted by molar-refractivity contribution is 1.18. The number of fused-ring (bicyclic) bond motifs is 21. The van der Waals surface area contributed by atoms with Gasteiger partial charge in [-0.15, -0.1) is 0 Å². The van der Waals surface area contributed by atoms with E-state index >= 15 is 0 Å². The van der Waals surface area contributed by atoms with Gasteiger partial charge >= 0.3 is 0 Å². The molecule has 78 heavy (non-hydrogen) atoms. The van der Waals surface area contributed by atoms with Crippen LogP contribution in [0.3, 0.4) is 0 Å². The summed E-state index contributed by atoms with van der Waals surface area (Å²) in [6.07, 6.45) is 0. The monoisotopic (exact) mass is 990 g/mol. The summed E-state index contributed by atoms with van der Waals surface area (Å²) in [4.78, 5) is 0. The summed E-state index contributed by atoms with van der Waals surface area (Å²) in [6, 6.07) is 95.2. The third kappa shape index (κ3) is 5.03. The maximum absolute atomic E-state index is 2.58. The second-order valence-electron chi connectivity index (χ2n) is 21.2. The van der Waals surface area contributed by atoms with Gasteiger partial charge in [-0.3, -0.25) is 0 Å². The Morgan fingerprint density at radius 1 is 0.154 bits per heavy atom. The summed E-state index contributed by atoms with van der Waals surface area (Å²) in [5.41, 5.74) is 21.0. The van der Waals surface area contributed by atoms with Gasteiger partial charge in [0.05, 0.1) is 82.8 Å². The number of nitrogens with zero attached hydrogens (tertiary/aromatic N) is 6. The predicted molar refractivity (Wildman–Crippen MR) is 327 cm³/mol. The molecule has 0 radical (unpaired) electrons. The first-order valence-corrected chi connectivity index (χ1v) is 26.9. The van der Waals surface area contributed by atoms with E-state index in [9.17, 15) is 0 Å². The van der Waals surface area contributed by atoms with Crippen molar-refractivity contribution in [3.05, 3.63) is 255 Å². The first-order valence-electron chi connectivity index (χ1n) is 26.9. The molecule has 12 aromatic carbocycles. The van der Waals surface area contributed by atoms with E-state index in [1.807, 2.05) is 0 Å². The molecule has 0 saturated carbocycles. The van der Waals surface area contributed by atoms with Crippen LogP contribution < -0.4 is 0 Å². The van der Waals surface area contributed by atoms with Gasteiger partial charge in [0.15, 0.2) is 0 Å². The average Bonchev–Trinajstić information content (AvgIpc) is 4.35. The van der Waals surface area contributed by atoms with E-state index in [-0.39, 0.29) is 0 Å². The van der Waals surface area contributed by atoms with Crippen LogP contribution in [-0.4, -0.2) is 26.9 Å². The summed E-state index contributed by atoms with van der Waals surface area (Å²) in [5.74, 6) is 0. The molecule has 0 atom stereocenters. The lowest BCUT2D eigenvalue weighted by Crippen LogP contribution is -1.94. The van der Waals surface area contributed by atoms with E-state index in [0.29, 0.717) is 0 Å². The van der Waals surface area contributed by atoms with Crippen LogP contribution in [0.4, 0.5) is 0 Å². The molecule has 19 aromatic rings. The fraction of sp³-hybridized carbons (Fsp3) is 0. The summed E-state index contributed by atoms with van der Waals surface area (Å²) < 4.78 is 15.1. The Balaban J connectivity index is 1.01. The number of benzene rings is 12. The highest BCUT2D eigenvalue weighted by Crippen LogP contribution is 2.45. The summed E-state index contributed by atoms with van der Waals surface area (Å²) in [7, 11) is 0. The fourth-order valence-electron chi connectivity index (χ4n) is 14.4. The van der Waals surface area contributed by atoms with E-state index in [1.54, 1.807) is 0 Å². The maximum Gasteiger partial charge on any atom is 0.0783 e. The second-order valence-corrected chi connectivity index (χ2v) is 21.2. The Hall–Kier alpha value is -10.6. The minimum absolute atomic E-state index is 1.14. The van der Waals surface area contributed by atoms with Crippen LogP contribution in [-0.2, 0) is 0 Å². The first-order chi connectivity index (χ1) is 38.7. The van der Waals surface area contributed by atoms with Crippen LogP contribution >= 0.6 is 0 Å². The van der Waals surface area contributed by atoms with E-state index in [4.69, 9.17) is 0 Å². The van der Waals surface area contributed by atoms with Crippen molar-refractivity contribution in [2.45, 2.75) is 0 Å². The molecule has 0 aliphatic carbocycles. The van der Waals surface area contributed by atoms with Gasteiger partial charge in [-0.05, 0) is 109 Å². The molecule has 0 saturated heterocycles. The lowest BCUT2D eigenvalue weighted by atomic mass is 10.1. The molecule has 0 N–H and O–H groups in total. The summed E-state index contributed by atoms with van der Waals surface area (Å²) in [5, 5.41) is 14.7. The summed E-state index contributed by atoms with van der Waals surface area (Å²) in [6.45, 7) is 0. The second kappa shape index (κ2) is 14.6. The minimum Gasteiger partial charge on any atom is -0.309 e. The van der Waals surface area contributed by atoms with Crippen LogP contribution in [0.25, 0.3) is 164 Å². The molecule has 7 aromatic heterocycles. The van der Waals surface area contributed by atoms with Gasteiger partial charge in [-0.25, -0.2) is 0 Å². The quantitative estimate of drug-likeness (QED) is 0.169. The van der Waals surface area contributed by atoms with E-state index in [1.165, 1.54) is 114 Å². The van der Waals surface area contributed by atoms with E-state index in [0.717, 1.165) is 50.2 Å². The van der Waals surface area contributed by atoms with Gasteiger partial charge in [0, 0.05) is 81.7 Å². The van der Waals surface area contributed by atoms with E-state index < -0.39 is 0 Å². The van der Waals surface area contributed by atoms with E-state index in [2.05, 4.69) is 282 Å². The number of para-hydroxylation sites is 9. The topological polar surface area (TPSA) is 28.0 Å². The zero-order valence-electron chi connectivity index (χ0n) is 41.9. The number of hydrogen-bond acceptors (Lipinski definition) is 0. The molecular weight excluding hydrogens is 949 g/mol. The van der Waals surface area contributed by atoms with Crippen LogP contribution in [0.2, 0.25) is 0 Å². The third-order valence-corrected chi connectivity index (χ3v) is 17.5. The van der Waals surface area contributed by atoms with Gasteiger partial charge in [-0.2, -0.15) is 0 Å². The lowest BCUT2D eigenvalue weighted by Gasteiger charge is -2.09. The molecule has 6 heteroatoms. The standard InChI is InChI=1S/C72H42N6/c1-7-25-58-46(16-1)47-17-2-8-26-59(47)73(58)43-34-37-64-55(40-43)52-22-13-31-67-70(52)76(64)68-32-14-23-53-56-41-45(75-62-29-11-5-20-50(62)51-21-6-12-30-63(51)75)36-39-66(56)78(71(53)68)69-33-15-24-54-57-42-44(35-38-65(57)77(67)72(54)69)74-60-27-9-3-18-48(60)49-19-4-10-28-61(49)74/h1-42H. The summed E-state index contributed by atoms with van der Waals surface area (Å²) >= 11 is 0. The SMILES string of the molecule is c1ccc2c(c1)c1ccccc1n2-c1ccc2c(c1)c1cccc3c1n2c1cccc2c4cc(-n5c6ccccc6c6ccccc65)ccc4n(c4cccc5c6cc(-n7c8ccccc8c8ccccc87)ccc6n3c54)c21. The fourth-order valence-corrected chi connectivity index (χ4v) is 14.4. The third-order valence-electron chi connectivity index (χ3n) is 17.5. The Labute approximate surface area is 443 Å². The highest BCUT2D eigenvalue weighted by molar-refractivity contribution is 6.24. The van der Waals surface area contributed by atoms with Crippen molar-refractivity contribution in [1.29, 1.82) is 0 Å². The molecule has 0 unspecified atom stereocenters. The average molecular weight is 991 g/mol. The predicted octanol–water partition coefficient (Wildman–Crippen LogP) is 18.7. The van der Waals surface area contributed by atoms with Gasteiger partial charge in [-0.1, -0.05) is 146 Å². The molecule has 0 spiro atoms. The molecule has 360 valence electrons. The molecular formula is C72H42N6. The normalized spacial score (nSPS) is 12.6. The number of rotatable bonds is 3. The molecule has 0 bridgehead atoms. The molecule has 0 aliphatic heterocycles. The molecule has 0 aliphatic rings. The maximum atomic E-state index is 2.58. The zero-order valence-corrected chi connectivity index (χ0v) is 41.9. The van der Waals surface area contributed by atoms with Crippen molar-refractivity contribution in [2.75, 3.05) is 0 Å². The van der Waals surface area contributed by atoms with Crippen LogP contribution in [0.1, 0.15) is 0 Å². The van der Waals surface area contributed by atoms with Crippen molar-refractivity contribution in [3.8, 4) is 17.1 Å². The molecule has 0 fully saturated rings. The van der Waals surface area contributed by atoms with Crippen molar-refractivity contribution < 1.29 is 0 Å². The Morgan fingerprint density at radius 3 is 0.628 bits per heavy atom. The van der Waals surface area contributed by atoms with Gasteiger partial charge in [0.2, 0.25) is 0 Å². The Morgan fingerprint density at radius 2 is 0.372 bits per heavy atom. The van der Waals surface area contributed by atoms with Crippen molar-refractivity contribution in [3.63, 3.8) is 0 Å². The minimum atomic E-state index is 1.14. The first kappa shape index (κ1) is 40.8. The van der Waals surface area contributed by atoms with Gasteiger partial charge < -0.3 is 26.9 Å². The smallest absolute Gasteiger partial charge is 0.0783 e.